The first-order valence-electron chi connectivity index (χ1n) is 14.3. The van der Waals surface area contributed by atoms with Gasteiger partial charge in [0.1, 0.15) is 49.2 Å². The van der Waals surface area contributed by atoms with Gasteiger partial charge in [0.2, 0.25) is 12.2 Å². The normalized spacial score (nSPS) is 32.4. The maximum Gasteiger partial charge on any atom is 0.247 e. The lowest BCUT2D eigenvalue weighted by molar-refractivity contribution is -0.155. The zero-order valence-corrected chi connectivity index (χ0v) is 25.1. The summed E-state index contributed by atoms with van der Waals surface area (Å²) in [5.74, 6) is -1.22. The van der Waals surface area contributed by atoms with Gasteiger partial charge in [0.25, 0.3) is 0 Å². The Morgan fingerprint density at radius 2 is 1.87 bits per heavy atom. The summed E-state index contributed by atoms with van der Waals surface area (Å²) in [7, 11) is 0. The molecular weight excluding hydrogens is 617 g/mol. The fourth-order valence-electron chi connectivity index (χ4n) is 5.54. The predicted octanol–water partition coefficient (Wildman–Crippen LogP) is 1.81. The van der Waals surface area contributed by atoms with Crippen LogP contribution in [0.4, 0.5) is 4.39 Å². The monoisotopic (exact) mass is 651 g/mol. The minimum atomic E-state index is -1.48. The molecule has 0 aromatic heterocycles. The molecule has 2 heterocycles. The molecule has 0 spiro atoms. The lowest BCUT2D eigenvalue weighted by atomic mass is 9.83. The number of rotatable bonds is 9. The van der Waals surface area contributed by atoms with E-state index in [4.69, 9.17) is 30.5 Å². The van der Waals surface area contributed by atoms with Gasteiger partial charge >= 0.3 is 0 Å². The van der Waals surface area contributed by atoms with Crippen molar-refractivity contribution >= 4 is 23.6 Å². The van der Waals surface area contributed by atoms with Gasteiger partial charge in [0.15, 0.2) is 11.5 Å². The number of amides is 1. The molecule has 15 heteroatoms. The highest BCUT2D eigenvalue weighted by Gasteiger charge is 2.53. The minimum Gasteiger partial charge on any atom is -0.504 e. The summed E-state index contributed by atoms with van der Waals surface area (Å²) < 4.78 is 35.6. The maximum atomic E-state index is 13.5. The van der Waals surface area contributed by atoms with Crippen LogP contribution in [0.1, 0.15) is 31.4 Å². The van der Waals surface area contributed by atoms with Crippen LogP contribution in [0.25, 0.3) is 6.08 Å². The second kappa shape index (κ2) is 14.1. The average molecular weight is 652 g/mol. The summed E-state index contributed by atoms with van der Waals surface area (Å²) in [6.07, 6.45) is -6.94. The Labute approximate surface area is 262 Å². The number of benzene rings is 2. The number of nitrogens with zero attached hydrogens (tertiary/aromatic N) is 2. The average Bonchev–Trinajstić information content (AvgIpc) is 3.64. The van der Waals surface area contributed by atoms with E-state index in [0.717, 1.165) is 0 Å². The maximum absolute atomic E-state index is 13.5. The first-order valence-corrected chi connectivity index (χ1v) is 14.7. The number of carbonyl (C=O) groups is 1. The largest absolute Gasteiger partial charge is 0.504 e. The van der Waals surface area contributed by atoms with Crippen molar-refractivity contribution in [3.05, 3.63) is 63.9 Å². The molecule has 2 aliphatic heterocycles. The summed E-state index contributed by atoms with van der Waals surface area (Å²) in [6.45, 7) is 3.12. The van der Waals surface area contributed by atoms with E-state index >= 15 is 0 Å². The Morgan fingerprint density at radius 1 is 1.13 bits per heavy atom. The number of halogens is 2. The second-order valence-electron chi connectivity index (χ2n) is 11.2. The summed E-state index contributed by atoms with van der Waals surface area (Å²) in [5, 5.41) is 63.6. The third kappa shape index (κ3) is 7.45. The predicted molar refractivity (Wildman–Crippen MR) is 156 cm³/mol. The molecule has 0 bridgehead atoms. The van der Waals surface area contributed by atoms with E-state index in [2.05, 4.69) is 15.5 Å². The van der Waals surface area contributed by atoms with Gasteiger partial charge in [-0.1, -0.05) is 17.7 Å². The minimum absolute atomic E-state index is 0.0539. The summed E-state index contributed by atoms with van der Waals surface area (Å²) >= 11 is 6.06. The van der Waals surface area contributed by atoms with E-state index in [1.807, 2.05) is 0 Å². The van der Waals surface area contributed by atoms with Crippen LogP contribution in [-0.2, 0) is 25.5 Å². The van der Waals surface area contributed by atoms with E-state index < -0.39 is 72.8 Å². The van der Waals surface area contributed by atoms with E-state index in [-0.39, 0.29) is 36.8 Å². The van der Waals surface area contributed by atoms with Crippen LogP contribution in [0.2, 0.25) is 5.02 Å². The SMILES string of the molecule is CC(=Cc1ccc(O[C@H]2C[C@H](O)[C@@H](C(C)N=NCc3cc(F)ccc3Cl)O2)c(O)c1)C(=O)N[C@@H]1[C@H](O)[C@@H](O)[C@H]2OCO[C@H]2[C@@H]1O. The van der Waals surface area contributed by atoms with E-state index in [1.54, 1.807) is 13.0 Å². The number of carbonyl (C=O) groups excluding carboxylic acids is 1. The van der Waals surface area contributed by atoms with Crippen LogP contribution in [0.3, 0.4) is 0 Å². The number of phenolic OH excluding ortho intramolecular Hbond substituents is 1. The lowest BCUT2D eigenvalue weighted by Crippen LogP contribution is -2.67. The quantitative estimate of drug-likeness (QED) is 0.172. The number of aliphatic hydroxyl groups is 4. The number of azo groups is 1. The van der Waals surface area contributed by atoms with Gasteiger partial charge in [0.05, 0.1) is 24.7 Å². The molecule has 1 amide bonds. The van der Waals surface area contributed by atoms with Crippen molar-refractivity contribution in [2.75, 3.05) is 6.79 Å². The molecule has 45 heavy (non-hydrogen) atoms. The van der Waals surface area contributed by atoms with Crippen molar-refractivity contribution < 1.29 is 53.7 Å². The standard InChI is InChI=1S/C30H35ClFN3O10/c1-13(30(41)34-23-24(38)26(40)29-28(25(23)39)42-12-43-29)7-15-3-6-21(19(36)8-15)44-22-10-20(37)27(45-22)14(2)35-33-11-16-9-17(32)4-5-18(16)31/h3-9,14,20,22-29,36-40H,10-12H2,1-2H3,(H,34,41)/t14?,20-,22+,23+,24-,25+,26+,27+,28-,29+/m0/s1. The van der Waals surface area contributed by atoms with Crippen molar-refractivity contribution in [2.45, 2.75) is 87.9 Å². The van der Waals surface area contributed by atoms with E-state index in [1.165, 1.54) is 43.3 Å². The number of aliphatic hydroxyl groups excluding tert-OH is 4. The summed E-state index contributed by atoms with van der Waals surface area (Å²) in [4.78, 5) is 12.9. The molecule has 3 fully saturated rings. The molecule has 3 aliphatic rings. The van der Waals surface area contributed by atoms with Crippen LogP contribution in [-0.4, -0.2) is 99.3 Å². The first-order chi connectivity index (χ1) is 21.4. The molecule has 10 atom stereocenters. The molecular formula is C30H35ClFN3O10. The molecule has 1 aliphatic carbocycles. The number of hydrogen-bond acceptors (Lipinski definition) is 12. The Morgan fingerprint density at radius 3 is 2.60 bits per heavy atom. The highest BCUT2D eigenvalue weighted by atomic mass is 35.5. The third-order valence-electron chi connectivity index (χ3n) is 7.99. The molecule has 1 unspecified atom stereocenters. The van der Waals surface area contributed by atoms with Gasteiger partial charge < -0.3 is 49.8 Å². The van der Waals surface area contributed by atoms with Crippen molar-refractivity contribution in [3.8, 4) is 11.5 Å². The first kappa shape index (κ1) is 33.2. The van der Waals surface area contributed by atoms with Gasteiger partial charge in [-0.05, 0) is 61.4 Å². The van der Waals surface area contributed by atoms with Gasteiger partial charge in [-0.25, -0.2) is 4.39 Å². The molecule has 5 rings (SSSR count). The number of nitrogens with one attached hydrogen (secondary N) is 1. The molecule has 2 saturated heterocycles. The Hall–Kier alpha value is -3.21. The summed E-state index contributed by atoms with van der Waals surface area (Å²) in [6, 6.07) is 6.63. The number of hydrogen-bond donors (Lipinski definition) is 6. The van der Waals surface area contributed by atoms with Gasteiger partial charge in [0, 0.05) is 17.0 Å². The Bertz CT molecular complexity index is 1450. The molecule has 1 saturated carbocycles. The van der Waals surface area contributed by atoms with Crippen LogP contribution < -0.4 is 10.1 Å². The second-order valence-corrected chi connectivity index (χ2v) is 11.7. The van der Waals surface area contributed by atoms with E-state index in [0.29, 0.717) is 16.1 Å². The molecule has 6 N–H and O–H groups in total. The van der Waals surface area contributed by atoms with Gasteiger partial charge in [-0.3, -0.25) is 4.79 Å². The van der Waals surface area contributed by atoms with Crippen LogP contribution in [0.15, 0.2) is 52.2 Å². The topological polar surface area (TPSA) is 192 Å². The van der Waals surface area contributed by atoms with Gasteiger partial charge in [-0.15, -0.1) is 0 Å². The lowest BCUT2D eigenvalue weighted by Gasteiger charge is -2.41. The van der Waals surface area contributed by atoms with Crippen LogP contribution >= 0.6 is 11.6 Å². The zero-order chi connectivity index (χ0) is 32.4. The Kier molecular flexibility index (Phi) is 10.4. The summed E-state index contributed by atoms with van der Waals surface area (Å²) in [5.41, 5.74) is 1.11. The zero-order valence-electron chi connectivity index (χ0n) is 24.4. The van der Waals surface area contributed by atoms with Crippen molar-refractivity contribution in [1.82, 2.24) is 5.32 Å². The van der Waals surface area contributed by atoms with E-state index in [9.17, 15) is 34.7 Å². The molecule has 2 aromatic carbocycles. The fourth-order valence-corrected chi connectivity index (χ4v) is 5.72. The van der Waals surface area contributed by atoms with Crippen molar-refractivity contribution in [2.24, 2.45) is 10.2 Å². The number of aromatic hydroxyl groups is 1. The van der Waals surface area contributed by atoms with Crippen LogP contribution in [0, 0.1) is 5.82 Å². The highest BCUT2D eigenvalue weighted by molar-refractivity contribution is 6.31. The fraction of sp³-hybridized carbons (Fsp3) is 0.500. The van der Waals surface area contributed by atoms with Crippen molar-refractivity contribution in [3.63, 3.8) is 0 Å². The number of fused-ring (bicyclic) bond motifs is 1. The highest BCUT2D eigenvalue weighted by Crippen LogP contribution is 2.34. The molecule has 244 valence electrons. The molecule has 0 radical (unpaired) electrons. The number of ether oxygens (including phenoxy) is 4. The molecule has 13 nitrogen and oxygen atoms in total. The number of phenols is 1. The smallest absolute Gasteiger partial charge is 0.247 e. The van der Waals surface area contributed by atoms with Crippen molar-refractivity contribution in [1.29, 1.82) is 0 Å². The van der Waals surface area contributed by atoms with Gasteiger partial charge in [-0.2, -0.15) is 10.2 Å². The Balaban J connectivity index is 1.15. The van der Waals surface area contributed by atoms with Crippen LogP contribution in [0.5, 0.6) is 11.5 Å². The molecule has 2 aromatic rings. The third-order valence-corrected chi connectivity index (χ3v) is 8.36.